The molecule has 0 saturated heterocycles. The van der Waals surface area contributed by atoms with Crippen molar-refractivity contribution in [2.24, 2.45) is 0 Å². The largest absolute Gasteiger partial charge is 0.382 e. The summed E-state index contributed by atoms with van der Waals surface area (Å²) in [5.74, 6) is 0. The normalized spacial score (nSPS) is 16.0. The lowest BCUT2D eigenvalue weighted by Gasteiger charge is -2.20. The summed E-state index contributed by atoms with van der Waals surface area (Å²) in [6.07, 6.45) is 1.53. The van der Waals surface area contributed by atoms with Crippen LogP contribution < -0.4 is 5.32 Å². The maximum Gasteiger partial charge on any atom is 0.0784 e. The SMILES string of the molecule is CCC(CNC)OC(C)COC. The van der Waals surface area contributed by atoms with E-state index in [0.717, 1.165) is 13.0 Å². The summed E-state index contributed by atoms with van der Waals surface area (Å²) in [6.45, 7) is 5.73. The predicted molar refractivity (Wildman–Crippen MR) is 50.4 cm³/mol. The van der Waals surface area contributed by atoms with Gasteiger partial charge in [-0.3, -0.25) is 0 Å². The van der Waals surface area contributed by atoms with E-state index in [1.54, 1.807) is 7.11 Å². The van der Waals surface area contributed by atoms with Crippen LogP contribution in [0.2, 0.25) is 0 Å². The standard InChI is InChI=1S/C9H21NO2/c1-5-9(6-10-3)12-8(2)7-11-4/h8-10H,5-7H2,1-4H3. The molecule has 12 heavy (non-hydrogen) atoms. The number of hydrogen-bond donors (Lipinski definition) is 1. The summed E-state index contributed by atoms with van der Waals surface area (Å²) >= 11 is 0. The predicted octanol–water partition coefficient (Wildman–Crippen LogP) is 1.04. The van der Waals surface area contributed by atoms with E-state index in [9.17, 15) is 0 Å². The Kier molecular flexibility index (Phi) is 7.45. The lowest BCUT2D eigenvalue weighted by molar-refractivity contribution is -0.0382. The fraction of sp³-hybridized carbons (Fsp3) is 1.00. The first-order chi connectivity index (χ1) is 5.74. The van der Waals surface area contributed by atoms with E-state index in [1.165, 1.54) is 0 Å². The van der Waals surface area contributed by atoms with Gasteiger partial charge in [0.2, 0.25) is 0 Å². The molecule has 1 N–H and O–H groups in total. The van der Waals surface area contributed by atoms with Crippen LogP contribution in [0.5, 0.6) is 0 Å². The molecule has 74 valence electrons. The molecule has 2 atom stereocenters. The summed E-state index contributed by atoms with van der Waals surface area (Å²) in [4.78, 5) is 0. The van der Waals surface area contributed by atoms with Crippen molar-refractivity contribution in [3.8, 4) is 0 Å². The van der Waals surface area contributed by atoms with Crippen molar-refractivity contribution in [2.75, 3.05) is 27.3 Å². The van der Waals surface area contributed by atoms with Gasteiger partial charge in [0.05, 0.1) is 18.8 Å². The van der Waals surface area contributed by atoms with Crippen molar-refractivity contribution in [2.45, 2.75) is 32.5 Å². The average molecular weight is 175 g/mol. The highest BCUT2D eigenvalue weighted by molar-refractivity contribution is 4.60. The van der Waals surface area contributed by atoms with Gasteiger partial charge in [0, 0.05) is 13.7 Å². The summed E-state index contributed by atoms with van der Waals surface area (Å²) in [6, 6.07) is 0. The zero-order valence-corrected chi connectivity index (χ0v) is 8.59. The highest BCUT2D eigenvalue weighted by atomic mass is 16.5. The topological polar surface area (TPSA) is 30.5 Å². The summed E-state index contributed by atoms with van der Waals surface area (Å²) in [5.41, 5.74) is 0. The molecule has 0 bridgehead atoms. The molecule has 0 radical (unpaired) electrons. The van der Waals surface area contributed by atoms with Gasteiger partial charge >= 0.3 is 0 Å². The van der Waals surface area contributed by atoms with Crippen LogP contribution in [0, 0.1) is 0 Å². The minimum atomic E-state index is 0.188. The average Bonchev–Trinajstić information content (AvgIpc) is 2.04. The third kappa shape index (κ3) is 5.52. The molecule has 0 aliphatic heterocycles. The Morgan fingerprint density at radius 2 is 2.08 bits per heavy atom. The van der Waals surface area contributed by atoms with E-state index in [-0.39, 0.29) is 6.10 Å². The Hall–Kier alpha value is -0.120. The monoisotopic (exact) mass is 175 g/mol. The molecule has 0 aromatic heterocycles. The van der Waals surface area contributed by atoms with Crippen LogP contribution >= 0.6 is 0 Å². The van der Waals surface area contributed by atoms with Gasteiger partial charge < -0.3 is 14.8 Å². The fourth-order valence-electron chi connectivity index (χ4n) is 1.12. The Morgan fingerprint density at radius 1 is 1.42 bits per heavy atom. The van der Waals surface area contributed by atoms with Crippen molar-refractivity contribution in [1.29, 1.82) is 0 Å². The maximum absolute atomic E-state index is 5.69. The van der Waals surface area contributed by atoms with Crippen LogP contribution in [-0.4, -0.2) is 39.5 Å². The Balaban J connectivity index is 3.53. The van der Waals surface area contributed by atoms with Crippen LogP contribution in [0.25, 0.3) is 0 Å². The van der Waals surface area contributed by atoms with Gasteiger partial charge in [-0.2, -0.15) is 0 Å². The lowest BCUT2D eigenvalue weighted by atomic mass is 10.2. The Labute approximate surface area is 75.4 Å². The molecule has 0 heterocycles. The molecule has 0 aromatic carbocycles. The second kappa shape index (κ2) is 7.53. The van der Waals surface area contributed by atoms with E-state index in [0.29, 0.717) is 12.7 Å². The Bertz CT molecular complexity index is 98.5. The molecule has 0 amide bonds. The van der Waals surface area contributed by atoms with Gasteiger partial charge in [-0.05, 0) is 20.4 Å². The number of likely N-dealkylation sites (N-methyl/N-ethyl adjacent to an activating group) is 1. The van der Waals surface area contributed by atoms with Crippen molar-refractivity contribution in [1.82, 2.24) is 5.32 Å². The highest BCUT2D eigenvalue weighted by Crippen LogP contribution is 2.01. The summed E-state index contributed by atoms with van der Waals surface area (Å²) in [5, 5.41) is 3.10. The molecule has 0 rings (SSSR count). The smallest absolute Gasteiger partial charge is 0.0784 e. The summed E-state index contributed by atoms with van der Waals surface area (Å²) < 4.78 is 10.7. The molecule has 0 aliphatic rings. The number of rotatable bonds is 7. The van der Waals surface area contributed by atoms with Gasteiger partial charge in [0.1, 0.15) is 0 Å². The second-order valence-corrected chi connectivity index (χ2v) is 2.99. The molecule has 3 nitrogen and oxygen atoms in total. The van der Waals surface area contributed by atoms with Crippen molar-refractivity contribution in [3.63, 3.8) is 0 Å². The third-order valence-corrected chi connectivity index (χ3v) is 1.71. The van der Waals surface area contributed by atoms with Crippen molar-refractivity contribution < 1.29 is 9.47 Å². The van der Waals surface area contributed by atoms with Gasteiger partial charge in [-0.15, -0.1) is 0 Å². The van der Waals surface area contributed by atoms with E-state index in [1.807, 2.05) is 14.0 Å². The van der Waals surface area contributed by atoms with Gasteiger partial charge in [-0.1, -0.05) is 6.92 Å². The number of methoxy groups -OCH3 is 1. The van der Waals surface area contributed by atoms with E-state index in [4.69, 9.17) is 9.47 Å². The third-order valence-electron chi connectivity index (χ3n) is 1.71. The van der Waals surface area contributed by atoms with Gasteiger partial charge in [-0.25, -0.2) is 0 Å². The molecule has 0 aromatic rings. The van der Waals surface area contributed by atoms with Crippen LogP contribution in [0.4, 0.5) is 0 Å². The molecular formula is C9H21NO2. The van der Waals surface area contributed by atoms with Gasteiger partial charge in [0.25, 0.3) is 0 Å². The summed E-state index contributed by atoms with van der Waals surface area (Å²) in [7, 11) is 3.63. The first-order valence-electron chi connectivity index (χ1n) is 4.53. The molecule has 3 heteroatoms. The zero-order chi connectivity index (χ0) is 9.40. The van der Waals surface area contributed by atoms with Gasteiger partial charge in [0.15, 0.2) is 0 Å². The Morgan fingerprint density at radius 3 is 2.50 bits per heavy atom. The number of ether oxygens (including phenoxy) is 2. The van der Waals surface area contributed by atoms with E-state index in [2.05, 4.69) is 12.2 Å². The number of nitrogens with one attached hydrogen (secondary N) is 1. The fourth-order valence-corrected chi connectivity index (χ4v) is 1.12. The highest BCUT2D eigenvalue weighted by Gasteiger charge is 2.09. The maximum atomic E-state index is 5.69. The molecule has 0 aliphatic carbocycles. The molecule has 2 unspecified atom stereocenters. The van der Waals surface area contributed by atoms with Crippen molar-refractivity contribution in [3.05, 3.63) is 0 Å². The molecule has 0 spiro atoms. The molecule has 0 fully saturated rings. The quantitative estimate of drug-likeness (QED) is 0.627. The number of hydrogen-bond acceptors (Lipinski definition) is 3. The minimum Gasteiger partial charge on any atom is -0.382 e. The van der Waals surface area contributed by atoms with Crippen molar-refractivity contribution >= 4 is 0 Å². The zero-order valence-electron chi connectivity index (χ0n) is 8.59. The van der Waals surface area contributed by atoms with Crippen LogP contribution in [-0.2, 0) is 9.47 Å². The van der Waals surface area contributed by atoms with Crippen LogP contribution in [0.15, 0.2) is 0 Å². The first kappa shape index (κ1) is 11.9. The van der Waals surface area contributed by atoms with Crippen LogP contribution in [0.1, 0.15) is 20.3 Å². The molecule has 0 saturated carbocycles. The van der Waals surface area contributed by atoms with E-state index < -0.39 is 0 Å². The van der Waals surface area contributed by atoms with E-state index >= 15 is 0 Å². The first-order valence-corrected chi connectivity index (χ1v) is 4.53. The lowest BCUT2D eigenvalue weighted by Crippen LogP contribution is -2.30. The second-order valence-electron chi connectivity index (χ2n) is 2.99. The molecular weight excluding hydrogens is 154 g/mol. The minimum absolute atomic E-state index is 0.188. The van der Waals surface area contributed by atoms with Crippen LogP contribution in [0.3, 0.4) is 0 Å².